The summed E-state index contributed by atoms with van der Waals surface area (Å²) in [5.74, 6) is 0.0193. The molecule has 2 rings (SSSR count). The molecule has 0 aliphatic rings. The first-order valence-corrected chi connectivity index (χ1v) is 6.35. The summed E-state index contributed by atoms with van der Waals surface area (Å²) >= 11 is 9.09. The van der Waals surface area contributed by atoms with Crippen molar-refractivity contribution in [1.29, 1.82) is 0 Å². The number of nitrogens with two attached hydrogens (primary N) is 1. The highest BCUT2D eigenvalue weighted by Crippen LogP contribution is 2.33. The zero-order valence-electron chi connectivity index (χ0n) is 9.29. The summed E-state index contributed by atoms with van der Waals surface area (Å²) in [5, 5.41) is 0.641. The summed E-state index contributed by atoms with van der Waals surface area (Å²) in [6.45, 7) is 0.314. The van der Waals surface area contributed by atoms with Crippen molar-refractivity contribution in [1.82, 2.24) is 0 Å². The summed E-state index contributed by atoms with van der Waals surface area (Å²) in [6.07, 6.45) is 0. The van der Waals surface area contributed by atoms with Crippen molar-refractivity contribution in [3.63, 3.8) is 0 Å². The Morgan fingerprint density at radius 3 is 2.72 bits per heavy atom. The number of hydrogen-bond donors (Lipinski definition) is 1. The van der Waals surface area contributed by atoms with Crippen LogP contribution in [0.1, 0.15) is 5.56 Å². The van der Waals surface area contributed by atoms with Gasteiger partial charge in [0.1, 0.15) is 12.4 Å². The standard InChI is InChI=1S/C13H10BrClFNO/c14-11-5-10(16)6-12(17)13(11)18-7-8-2-1-3-9(15)4-8/h1-6H,7,17H2. The van der Waals surface area contributed by atoms with Gasteiger partial charge in [0, 0.05) is 11.1 Å². The lowest BCUT2D eigenvalue weighted by Crippen LogP contribution is -2.00. The number of rotatable bonds is 3. The predicted octanol–water partition coefficient (Wildman–Crippen LogP) is 4.40. The van der Waals surface area contributed by atoms with Crippen LogP contribution < -0.4 is 10.5 Å². The molecule has 2 nitrogen and oxygen atoms in total. The lowest BCUT2D eigenvalue weighted by Gasteiger charge is -2.11. The van der Waals surface area contributed by atoms with Gasteiger partial charge in [-0.1, -0.05) is 23.7 Å². The average molecular weight is 331 g/mol. The summed E-state index contributed by atoms with van der Waals surface area (Å²) in [4.78, 5) is 0. The Kier molecular flexibility index (Phi) is 4.09. The molecule has 0 aliphatic carbocycles. The smallest absolute Gasteiger partial charge is 0.157 e. The molecule has 2 aromatic carbocycles. The largest absolute Gasteiger partial charge is 0.486 e. The topological polar surface area (TPSA) is 35.2 Å². The van der Waals surface area contributed by atoms with Gasteiger partial charge in [-0.3, -0.25) is 0 Å². The van der Waals surface area contributed by atoms with E-state index in [2.05, 4.69) is 15.9 Å². The van der Waals surface area contributed by atoms with E-state index in [1.165, 1.54) is 12.1 Å². The van der Waals surface area contributed by atoms with Gasteiger partial charge in [0.05, 0.1) is 10.2 Å². The fraction of sp³-hybridized carbons (Fsp3) is 0.0769. The zero-order valence-corrected chi connectivity index (χ0v) is 11.6. The number of hydrogen-bond acceptors (Lipinski definition) is 2. The highest BCUT2D eigenvalue weighted by molar-refractivity contribution is 9.10. The van der Waals surface area contributed by atoms with Gasteiger partial charge in [-0.05, 0) is 39.7 Å². The molecule has 0 fully saturated rings. The van der Waals surface area contributed by atoms with Crippen molar-refractivity contribution in [2.24, 2.45) is 0 Å². The second-order valence-corrected chi connectivity index (χ2v) is 5.02. The van der Waals surface area contributed by atoms with E-state index in [0.717, 1.165) is 5.56 Å². The molecule has 18 heavy (non-hydrogen) atoms. The van der Waals surface area contributed by atoms with E-state index in [0.29, 0.717) is 21.9 Å². The number of halogens is 3. The minimum atomic E-state index is -0.408. The van der Waals surface area contributed by atoms with E-state index < -0.39 is 5.82 Å². The minimum Gasteiger partial charge on any atom is -0.486 e. The maximum Gasteiger partial charge on any atom is 0.157 e. The van der Waals surface area contributed by atoms with Crippen molar-refractivity contribution in [3.05, 3.63) is 57.3 Å². The molecule has 0 amide bonds. The molecule has 0 unspecified atom stereocenters. The van der Waals surface area contributed by atoms with Gasteiger partial charge in [0.25, 0.3) is 0 Å². The van der Waals surface area contributed by atoms with Crippen LogP contribution in [0.4, 0.5) is 10.1 Å². The normalized spacial score (nSPS) is 10.4. The molecule has 94 valence electrons. The molecule has 0 bridgehead atoms. The Morgan fingerprint density at radius 2 is 2.06 bits per heavy atom. The van der Waals surface area contributed by atoms with Crippen LogP contribution in [0.25, 0.3) is 0 Å². The van der Waals surface area contributed by atoms with E-state index >= 15 is 0 Å². The highest BCUT2D eigenvalue weighted by Gasteiger charge is 2.08. The van der Waals surface area contributed by atoms with Crippen LogP contribution in [-0.2, 0) is 6.61 Å². The predicted molar refractivity (Wildman–Crippen MR) is 74.3 cm³/mol. The summed E-state index contributed by atoms with van der Waals surface area (Å²) in [5.41, 5.74) is 6.86. The third-order valence-electron chi connectivity index (χ3n) is 2.31. The average Bonchev–Trinajstić information content (AvgIpc) is 2.27. The first-order valence-electron chi connectivity index (χ1n) is 5.18. The van der Waals surface area contributed by atoms with Crippen LogP contribution >= 0.6 is 27.5 Å². The minimum absolute atomic E-state index is 0.254. The Morgan fingerprint density at radius 1 is 1.28 bits per heavy atom. The third kappa shape index (κ3) is 3.15. The Bertz CT molecular complexity index is 554. The molecule has 0 saturated carbocycles. The Labute approximate surface area is 118 Å². The second-order valence-electron chi connectivity index (χ2n) is 3.72. The SMILES string of the molecule is Nc1cc(F)cc(Br)c1OCc1cccc(Cl)c1. The molecule has 0 aliphatic heterocycles. The van der Waals surface area contributed by atoms with Gasteiger partial charge < -0.3 is 10.5 Å². The second kappa shape index (κ2) is 5.59. The molecule has 5 heteroatoms. The molecule has 0 aromatic heterocycles. The van der Waals surface area contributed by atoms with Crippen LogP contribution in [0.5, 0.6) is 5.75 Å². The molecule has 0 saturated heterocycles. The van der Waals surface area contributed by atoms with E-state index in [4.69, 9.17) is 22.1 Å². The monoisotopic (exact) mass is 329 g/mol. The molecule has 0 radical (unpaired) electrons. The number of benzene rings is 2. The fourth-order valence-corrected chi connectivity index (χ4v) is 2.29. The summed E-state index contributed by atoms with van der Waals surface area (Å²) < 4.78 is 19.1. The quantitative estimate of drug-likeness (QED) is 0.846. The summed E-state index contributed by atoms with van der Waals surface area (Å²) in [7, 11) is 0. The molecule has 2 aromatic rings. The number of ether oxygens (including phenoxy) is 1. The molecule has 0 spiro atoms. The summed E-state index contributed by atoms with van der Waals surface area (Å²) in [6, 6.07) is 9.84. The van der Waals surface area contributed by atoms with Gasteiger partial charge in [-0.2, -0.15) is 0 Å². The maximum atomic E-state index is 13.0. The van der Waals surface area contributed by atoms with Crippen molar-refractivity contribution < 1.29 is 9.13 Å². The fourth-order valence-electron chi connectivity index (χ4n) is 1.51. The van der Waals surface area contributed by atoms with Gasteiger partial charge in [-0.15, -0.1) is 0 Å². The maximum absolute atomic E-state index is 13.0. The molecular weight excluding hydrogens is 321 g/mol. The third-order valence-corrected chi connectivity index (χ3v) is 3.13. The van der Waals surface area contributed by atoms with Crippen LogP contribution in [0.3, 0.4) is 0 Å². The van der Waals surface area contributed by atoms with E-state index in [9.17, 15) is 4.39 Å². The first-order chi connectivity index (χ1) is 8.56. The Balaban J connectivity index is 2.16. The highest BCUT2D eigenvalue weighted by atomic mass is 79.9. The molecule has 2 N–H and O–H groups in total. The molecule has 0 atom stereocenters. The van der Waals surface area contributed by atoms with Crippen LogP contribution in [0.15, 0.2) is 40.9 Å². The number of anilines is 1. The number of nitrogen functional groups attached to an aromatic ring is 1. The van der Waals surface area contributed by atoms with Crippen molar-refractivity contribution in [2.45, 2.75) is 6.61 Å². The van der Waals surface area contributed by atoms with Crippen LogP contribution in [0, 0.1) is 5.82 Å². The van der Waals surface area contributed by atoms with Crippen molar-refractivity contribution in [3.8, 4) is 5.75 Å². The first kappa shape index (κ1) is 13.2. The lowest BCUT2D eigenvalue weighted by atomic mass is 10.2. The van der Waals surface area contributed by atoms with Gasteiger partial charge in [0.15, 0.2) is 5.75 Å². The lowest BCUT2D eigenvalue weighted by molar-refractivity contribution is 0.305. The van der Waals surface area contributed by atoms with Crippen LogP contribution in [-0.4, -0.2) is 0 Å². The van der Waals surface area contributed by atoms with Gasteiger partial charge in [0.2, 0.25) is 0 Å². The Hall–Kier alpha value is -1.26. The van der Waals surface area contributed by atoms with E-state index in [1.807, 2.05) is 12.1 Å². The van der Waals surface area contributed by atoms with Gasteiger partial charge >= 0.3 is 0 Å². The van der Waals surface area contributed by atoms with Crippen LogP contribution in [0.2, 0.25) is 5.02 Å². The van der Waals surface area contributed by atoms with Crippen molar-refractivity contribution in [2.75, 3.05) is 5.73 Å². The van der Waals surface area contributed by atoms with E-state index in [1.54, 1.807) is 12.1 Å². The zero-order chi connectivity index (χ0) is 13.1. The molecule has 0 heterocycles. The molecular formula is C13H10BrClFNO. The van der Waals surface area contributed by atoms with Crippen molar-refractivity contribution >= 4 is 33.2 Å². The van der Waals surface area contributed by atoms with Gasteiger partial charge in [-0.25, -0.2) is 4.39 Å². The van der Waals surface area contributed by atoms with E-state index in [-0.39, 0.29) is 5.69 Å².